The van der Waals surface area contributed by atoms with Crippen molar-refractivity contribution >= 4 is 29.4 Å². The molecular formula is C40H53B2N4O2Pd-. The van der Waals surface area contributed by atoms with Crippen LogP contribution in [0, 0.1) is 47.6 Å². The van der Waals surface area contributed by atoms with Gasteiger partial charge >= 0.3 is 266 Å². The van der Waals surface area contributed by atoms with Crippen molar-refractivity contribution in [2.75, 3.05) is 37.8 Å². The number of aliphatic hydroxyl groups is 2. The van der Waals surface area contributed by atoms with Crippen LogP contribution < -0.4 is 9.62 Å². The van der Waals surface area contributed by atoms with E-state index in [0.717, 1.165) is 15.6 Å². The van der Waals surface area contributed by atoms with Crippen LogP contribution in [-0.4, -0.2) is 78.2 Å². The molecule has 6 nitrogen and oxygen atoms in total. The van der Waals surface area contributed by atoms with Crippen molar-refractivity contribution in [3.05, 3.63) is 106 Å². The van der Waals surface area contributed by atoms with Crippen molar-refractivity contribution in [1.82, 2.24) is 9.62 Å². The Bertz CT molecular complexity index is 1620. The summed E-state index contributed by atoms with van der Waals surface area (Å²) in [5.74, 6) is 0. The number of aliphatic hydroxyl groups excluding tert-OH is 2. The number of anilines is 2. The van der Waals surface area contributed by atoms with E-state index in [1.165, 1.54) is 55.6 Å². The first kappa shape index (κ1) is 38.8. The van der Waals surface area contributed by atoms with E-state index in [1.54, 1.807) is 13.8 Å². The molecule has 1 fully saturated rings. The molecule has 2 unspecified atom stereocenters. The molecule has 1 aliphatic rings. The van der Waals surface area contributed by atoms with E-state index in [4.69, 9.17) is 10.2 Å². The molecule has 0 spiro atoms. The Morgan fingerprint density at radius 3 is 1.55 bits per heavy atom. The first-order valence-corrected chi connectivity index (χ1v) is 17.8. The quantitative estimate of drug-likeness (QED) is 0.150. The standard InChI is InChI=1S/C35H41B2N4.C5H12O2.Pd/c1-24-17-26(3)34(27(4)18-24)30-13-11-15-32(21-30)40-23-41(37(39(9)10)36(40)38(7)8)33-16-12-14-31(22-33)35-28(5)19-25(2)20-29(35)6;1-4(6)3-5(2)7;/h11-15,17-22H,1-10H3;4-7H,3H2,1-2H3;/q-1;;. The van der Waals surface area contributed by atoms with E-state index in [1.807, 2.05) is 0 Å². The maximum atomic E-state index is 8.56. The van der Waals surface area contributed by atoms with E-state index < -0.39 is 0 Å². The van der Waals surface area contributed by atoms with Crippen LogP contribution >= 0.6 is 0 Å². The molecule has 49 heavy (non-hydrogen) atoms. The molecule has 9 heteroatoms. The summed E-state index contributed by atoms with van der Waals surface area (Å²) >= 11 is 3.73. The van der Waals surface area contributed by atoms with Gasteiger partial charge in [-0.2, -0.15) is 0 Å². The number of aryl methyl sites for hydroxylation is 6. The Hall–Kier alpha value is -3.02. The fraction of sp³-hybridized carbons (Fsp3) is 0.375. The molecule has 5 rings (SSSR count). The molecular weight excluding hydrogens is 697 g/mol. The van der Waals surface area contributed by atoms with Crippen LogP contribution in [-0.2, 0) is 18.7 Å². The second kappa shape index (κ2) is 16.3. The molecule has 4 aromatic rings. The van der Waals surface area contributed by atoms with Gasteiger partial charge in [0.05, 0.1) is 12.2 Å². The van der Waals surface area contributed by atoms with Crippen LogP contribution in [0.15, 0.2) is 66.7 Å². The topological polar surface area (TPSA) is 53.4 Å². The van der Waals surface area contributed by atoms with Gasteiger partial charge in [-0.15, -0.1) is 0 Å². The Kier molecular flexibility index (Phi) is 12.9. The molecule has 1 saturated heterocycles. The van der Waals surface area contributed by atoms with Crippen molar-refractivity contribution < 1.29 is 29.0 Å². The van der Waals surface area contributed by atoms with Gasteiger partial charge < -0.3 is 10.2 Å². The fourth-order valence-electron chi connectivity index (χ4n) is 7.39. The Balaban J connectivity index is 0.000000698. The summed E-state index contributed by atoms with van der Waals surface area (Å²) < 4.78 is 1.04. The molecule has 2 N–H and O–H groups in total. The van der Waals surface area contributed by atoms with Gasteiger partial charge in [0.2, 0.25) is 0 Å². The molecule has 0 aromatic heterocycles. The first-order valence-electron chi connectivity index (χ1n) is 17.1. The summed E-state index contributed by atoms with van der Waals surface area (Å²) in [5.41, 5.74) is 15.1. The molecule has 1 aliphatic heterocycles. The minimum atomic E-state index is -0.375. The summed E-state index contributed by atoms with van der Waals surface area (Å²) in [6.07, 6.45) is -0.278. The predicted molar refractivity (Wildman–Crippen MR) is 208 cm³/mol. The van der Waals surface area contributed by atoms with Crippen molar-refractivity contribution in [2.45, 2.75) is 74.0 Å². The van der Waals surface area contributed by atoms with Crippen molar-refractivity contribution in [2.24, 2.45) is 0 Å². The van der Waals surface area contributed by atoms with Gasteiger partial charge in [-0.1, -0.05) is 0 Å². The average Bonchev–Trinajstić information content (AvgIpc) is 3.29. The van der Waals surface area contributed by atoms with E-state index in [0.29, 0.717) is 6.42 Å². The molecule has 262 valence electrons. The summed E-state index contributed by atoms with van der Waals surface area (Å²) in [6.45, 7) is 16.6. The van der Waals surface area contributed by atoms with Crippen LogP contribution in [0.1, 0.15) is 53.6 Å². The molecule has 4 aromatic carbocycles. The zero-order valence-electron chi connectivity index (χ0n) is 31.4. The maximum absolute atomic E-state index is 8.56. The summed E-state index contributed by atoms with van der Waals surface area (Å²) in [4.78, 5) is 9.44. The molecule has 2 atom stereocenters. The van der Waals surface area contributed by atoms with Gasteiger partial charge in [0.1, 0.15) is 0 Å². The zero-order valence-corrected chi connectivity index (χ0v) is 32.9. The summed E-state index contributed by atoms with van der Waals surface area (Å²) in [6, 6.07) is 28.2. The van der Waals surface area contributed by atoms with E-state index in [2.05, 4.69) is 181 Å². The van der Waals surface area contributed by atoms with Crippen LogP contribution in [0.4, 0.5) is 11.4 Å². The molecule has 0 aliphatic carbocycles. The van der Waals surface area contributed by atoms with Crippen molar-refractivity contribution in [3.63, 3.8) is 0 Å². The van der Waals surface area contributed by atoms with Gasteiger partial charge in [0.25, 0.3) is 0 Å². The van der Waals surface area contributed by atoms with Crippen molar-refractivity contribution in [1.29, 1.82) is 0 Å². The predicted octanol–water partition coefficient (Wildman–Crippen LogP) is 6.95. The Morgan fingerprint density at radius 1 is 0.673 bits per heavy atom. The second-order valence-electron chi connectivity index (χ2n) is 14.2. The monoisotopic (exact) mass is 749 g/mol. The summed E-state index contributed by atoms with van der Waals surface area (Å²) in [7, 11) is 8.66. The fourth-order valence-corrected chi connectivity index (χ4v) is 8.19. The van der Waals surface area contributed by atoms with Gasteiger partial charge in [-0.25, -0.2) is 0 Å². The number of nitrogens with zero attached hydrogens (tertiary/aromatic N) is 4. The van der Waals surface area contributed by atoms with Gasteiger partial charge in [-0.05, 0) is 20.3 Å². The molecule has 0 bridgehead atoms. The molecule has 0 radical (unpaired) electrons. The average molecular weight is 750 g/mol. The number of rotatable bonds is 8. The molecule has 0 saturated carbocycles. The SMILES string of the molecule is CC(O)CC(C)O.Cc1cc(C)c(-c2cc[c-]c(N3B(N(C)C)B(N(C)C)N(c4cccc(-c5c(C)cc(C)cc5C)c4)[C]3=[Pd])c2)c(C)c1. The third-order valence-electron chi connectivity index (χ3n) is 9.01. The molecule has 1 heterocycles. The van der Waals surface area contributed by atoms with Crippen LogP contribution in [0.3, 0.4) is 0 Å². The zero-order chi connectivity index (χ0) is 36.3. The van der Waals surface area contributed by atoms with Crippen molar-refractivity contribution in [3.8, 4) is 22.3 Å². The van der Waals surface area contributed by atoms with Gasteiger partial charge in [0, 0.05) is 0 Å². The van der Waals surface area contributed by atoms with E-state index in [-0.39, 0.29) is 26.0 Å². The second-order valence-corrected chi connectivity index (χ2v) is 14.9. The molecule has 0 amide bonds. The first-order chi connectivity index (χ1) is 23.0. The van der Waals surface area contributed by atoms with Crippen LogP contribution in [0.5, 0.6) is 0 Å². The normalized spacial score (nSPS) is 14.5. The van der Waals surface area contributed by atoms with E-state index >= 15 is 0 Å². The third kappa shape index (κ3) is 8.84. The van der Waals surface area contributed by atoms with Gasteiger partial charge in [0.15, 0.2) is 0 Å². The van der Waals surface area contributed by atoms with E-state index in [9.17, 15) is 0 Å². The van der Waals surface area contributed by atoms with Gasteiger partial charge in [-0.3, -0.25) is 0 Å². The third-order valence-corrected chi connectivity index (χ3v) is 9.75. The number of hydrogen-bond donors (Lipinski definition) is 2. The summed E-state index contributed by atoms with van der Waals surface area (Å²) in [5, 5.41) is 17.1. The minimum absolute atomic E-state index is 0.0442. The van der Waals surface area contributed by atoms with Crippen LogP contribution in [0.2, 0.25) is 0 Å². The Labute approximate surface area is 306 Å². The Morgan fingerprint density at radius 2 is 1.12 bits per heavy atom. The van der Waals surface area contributed by atoms with Crippen LogP contribution in [0.25, 0.3) is 22.3 Å². The number of hydrogen-bond acceptors (Lipinski definition) is 6. The number of benzene rings is 4.